The van der Waals surface area contributed by atoms with Crippen molar-refractivity contribution in [2.75, 3.05) is 20.3 Å². The lowest BCUT2D eigenvalue weighted by atomic mass is 9.96. The van der Waals surface area contributed by atoms with Gasteiger partial charge in [-0.25, -0.2) is 0 Å². The third kappa shape index (κ3) is 13.6. The average molecular weight is 948 g/mol. The second-order valence-electron chi connectivity index (χ2n) is 16.7. The maximum atomic E-state index is 11.1. The van der Waals surface area contributed by atoms with Crippen molar-refractivity contribution < 1.29 is 57.6 Å². The number of hydrogen-bond acceptors (Lipinski definition) is 12. The van der Waals surface area contributed by atoms with E-state index in [1.807, 2.05) is 158 Å². The van der Waals surface area contributed by atoms with E-state index in [1.54, 1.807) is 19.2 Å². The summed E-state index contributed by atoms with van der Waals surface area (Å²) in [5, 5.41) is 22.8. The van der Waals surface area contributed by atoms with Gasteiger partial charge in [0.1, 0.15) is 54.6 Å². The molecule has 68 heavy (non-hydrogen) atoms. The van der Waals surface area contributed by atoms with E-state index < -0.39 is 74.6 Å². The molecule has 358 valence electrons. The lowest BCUT2D eigenvalue weighted by Crippen LogP contribution is -2.65. The number of hydrogen-bond donors (Lipinski definition) is 2. The Morgan fingerprint density at radius 2 is 0.676 bits per heavy atom. The van der Waals surface area contributed by atoms with E-state index in [-0.39, 0.29) is 39.6 Å². The molecule has 0 spiro atoms. The van der Waals surface area contributed by atoms with Crippen molar-refractivity contribution in [3.8, 4) is 5.75 Å². The van der Waals surface area contributed by atoms with Gasteiger partial charge in [-0.3, -0.25) is 0 Å². The van der Waals surface area contributed by atoms with Gasteiger partial charge < -0.3 is 57.6 Å². The quantitative estimate of drug-likeness (QED) is 0.0638. The Morgan fingerprint density at radius 3 is 1.00 bits per heavy atom. The van der Waals surface area contributed by atoms with Crippen molar-refractivity contribution in [2.45, 2.75) is 101 Å². The van der Waals surface area contributed by atoms with Gasteiger partial charge in [0, 0.05) is 5.02 Å². The number of rotatable bonds is 23. The van der Waals surface area contributed by atoms with Gasteiger partial charge in [-0.2, -0.15) is 0 Å². The Labute approximate surface area is 403 Å². The zero-order valence-corrected chi connectivity index (χ0v) is 38.7. The molecule has 12 nitrogen and oxygen atoms in total. The Bertz CT molecular complexity index is 2330. The standard InChI is InChI=1S/C55H59ClO12/c1-59-45-28-24-43(25-29-45)37-65-53-50(62-34-40-18-10-4-11-19-40)48(60-32-38-14-6-2-7-15-38)46(30-57)67-55(53)68-54-52(64-35-41-20-12-5-13-21-41)51(63-36-42-22-26-44(56)27-23-42)49(47(31-58)66-54)61-33-39-16-8-3-9-17-39/h2-29,46-55,57-58H,30-37H2,1H3/t46-,47-,48-,49-,50+,51+,52-,53-,54-,55-/m1/s1. The van der Waals surface area contributed by atoms with Crippen LogP contribution in [0.15, 0.2) is 170 Å². The molecule has 0 bridgehead atoms. The third-order valence-corrected chi connectivity index (χ3v) is 12.2. The number of aliphatic hydroxyl groups excluding tert-OH is 2. The summed E-state index contributed by atoms with van der Waals surface area (Å²) < 4.78 is 66.5. The first-order valence-corrected chi connectivity index (χ1v) is 23.3. The van der Waals surface area contributed by atoms with Gasteiger partial charge in [0.25, 0.3) is 0 Å². The van der Waals surface area contributed by atoms with Crippen LogP contribution >= 0.6 is 11.6 Å². The fraction of sp³-hybridized carbons (Fsp3) is 0.345. The van der Waals surface area contributed by atoms with Crippen LogP contribution in [0.1, 0.15) is 33.4 Å². The molecule has 2 aliphatic heterocycles. The minimum Gasteiger partial charge on any atom is -0.497 e. The molecule has 6 aromatic rings. The Morgan fingerprint density at radius 1 is 0.382 bits per heavy atom. The second-order valence-corrected chi connectivity index (χ2v) is 17.1. The van der Waals surface area contributed by atoms with Crippen LogP contribution in [0.3, 0.4) is 0 Å². The highest BCUT2D eigenvalue weighted by Gasteiger charge is 2.54. The SMILES string of the molecule is COc1ccc(CO[C@H]2[C@@H](O[C@H]3O[C@H](CO)[C@@H](OCc4ccccc4)[C@H](OCc4ccc(Cl)cc4)[C@H]3OCc3ccccc3)O[C@H](CO)[C@@H](OCc3ccccc3)[C@@H]2OCc2ccccc2)cc1. The highest BCUT2D eigenvalue weighted by atomic mass is 35.5. The molecule has 2 saturated heterocycles. The predicted octanol–water partition coefficient (Wildman–Crippen LogP) is 8.61. The van der Waals surface area contributed by atoms with Crippen molar-refractivity contribution in [1.82, 2.24) is 0 Å². The normalized spacial score (nSPS) is 24.9. The van der Waals surface area contributed by atoms with Crippen LogP contribution in [-0.2, 0) is 82.3 Å². The Hall–Kier alpha value is -5.03. The molecule has 0 saturated carbocycles. The van der Waals surface area contributed by atoms with Gasteiger partial charge in [0.2, 0.25) is 0 Å². The summed E-state index contributed by atoms with van der Waals surface area (Å²) in [6.45, 7) is 0.176. The first-order valence-electron chi connectivity index (χ1n) is 22.9. The summed E-state index contributed by atoms with van der Waals surface area (Å²) in [7, 11) is 1.62. The molecule has 13 heteroatoms. The van der Waals surface area contributed by atoms with E-state index in [2.05, 4.69) is 0 Å². The van der Waals surface area contributed by atoms with Crippen LogP contribution in [0, 0.1) is 0 Å². The van der Waals surface area contributed by atoms with Crippen molar-refractivity contribution in [3.05, 3.63) is 208 Å². The summed E-state index contributed by atoms with van der Waals surface area (Å²) in [5.74, 6) is 0.702. The van der Waals surface area contributed by atoms with Crippen LogP contribution in [0.25, 0.3) is 0 Å². The summed E-state index contributed by atoms with van der Waals surface area (Å²) >= 11 is 6.27. The highest BCUT2D eigenvalue weighted by Crippen LogP contribution is 2.36. The zero-order valence-electron chi connectivity index (χ0n) is 38.0. The van der Waals surface area contributed by atoms with Gasteiger partial charge in [-0.1, -0.05) is 157 Å². The molecule has 0 aliphatic carbocycles. The van der Waals surface area contributed by atoms with E-state index in [4.69, 9.17) is 59.0 Å². The van der Waals surface area contributed by atoms with Crippen LogP contribution in [0.4, 0.5) is 0 Å². The fourth-order valence-electron chi connectivity index (χ4n) is 8.29. The second kappa shape index (κ2) is 25.5. The minimum atomic E-state index is -1.24. The number of halogens is 1. The van der Waals surface area contributed by atoms with Crippen LogP contribution in [0.5, 0.6) is 5.75 Å². The topological polar surface area (TPSA) is 133 Å². The number of benzene rings is 6. The van der Waals surface area contributed by atoms with Gasteiger partial charge >= 0.3 is 0 Å². The van der Waals surface area contributed by atoms with Crippen molar-refractivity contribution in [3.63, 3.8) is 0 Å². The van der Waals surface area contributed by atoms with Gasteiger partial charge in [0.05, 0.1) is 60.0 Å². The number of methoxy groups -OCH3 is 1. The predicted molar refractivity (Wildman–Crippen MR) is 254 cm³/mol. The maximum Gasteiger partial charge on any atom is 0.190 e. The number of aliphatic hydroxyl groups is 2. The molecule has 2 heterocycles. The smallest absolute Gasteiger partial charge is 0.190 e. The number of ether oxygens (including phenoxy) is 10. The highest BCUT2D eigenvalue weighted by molar-refractivity contribution is 6.30. The van der Waals surface area contributed by atoms with E-state index >= 15 is 0 Å². The monoisotopic (exact) mass is 946 g/mol. The molecule has 0 aromatic heterocycles. The molecule has 0 unspecified atom stereocenters. The van der Waals surface area contributed by atoms with Crippen LogP contribution in [-0.4, -0.2) is 91.9 Å². The van der Waals surface area contributed by atoms with Gasteiger partial charge in [-0.15, -0.1) is 0 Å². The van der Waals surface area contributed by atoms with Crippen molar-refractivity contribution in [1.29, 1.82) is 0 Å². The maximum absolute atomic E-state index is 11.1. The molecule has 6 aromatic carbocycles. The molecule has 2 fully saturated rings. The molecular formula is C55H59ClO12. The van der Waals surface area contributed by atoms with E-state index in [1.165, 1.54) is 0 Å². The summed E-state index contributed by atoms with van der Waals surface area (Å²) in [4.78, 5) is 0. The zero-order chi connectivity index (χ0) is 46.9. The lowest BCUT2D eigenvalue weighted by molar-refractivity contribution is -0.393. The molecule has 2 N–H and O–H groups in total. The molecule has 0 radical (unpaired) electrons. The van der Waals surface area contributed by atoms with Crippen molar-refractivity contribution in [2.24, 2.45) is 0 Å². The summed E-state index contributed by atoms with van der Waals surface area (Å²) in [6.07, 6.45) is -9.68. The van der Waals surface area contributed by atoms with E-state index in [9.17, 15) is 10.2 Å². The minimum absolute atomic E-state index is 0.124. The van der Waals surface area contributed by atoms with Crippen molar-refractivity contribution >= 4 is 11.6 Å². The van der Waals surface area contributed by atoms with E-state index in [0.717, 1.165) is 33.4 Å². The van der Waals surface area contributed by atoms with Gasteiger partial charge in [-0.05, 0) is 57.6 Å². The largest absolute Gasteiger partial charge is 0.497 e. The molecule has 10 atom stereocenters. The first-order chi connectivity index (χ1) is 33.5. The first kappa shape index (κ1) is 49.4. The fourth-order valence-corrected chi connectivity index (χ4v) is 8.42. The average Bonchev–Trinajstić information content (AvgIpc) is 3.39. The third-order valence-electron chi connectivity index (χ3n) is 11.9. The van der Waals surface area contributed by atoms with Crippen LogP contribution < -0.4 is 4.74 Å². The van der Waals surface area contributed by atoms with Crippen LogP contribution in [0.2, 0.25) is 5.02 Å². The molecule has 8 rings (SSSR count). The molecular weight excluding hydrogens is 888 g/mol. The lowest BCUT2D eigenvalue weighted by Gasteiger charge is -2.49. The molecule has 0 amide bonds. The molecule has 2 aliphatic rings. The van der Waals surface area contributed by atoms with E-state index in [0.29, 0.717) is 10.8 Å². The summed E-state index contributed by atoms with van der Waals surface area (Å²) in [6, 6.07) is 54.0. The Balaban J connectivity index is 1.16. The van der Waals surface area contributed by atoms with Gasteiger partial charge in [0.15, 0.2) is 12.6 Å². The summed E-state index contributed by atoms with van der Waals surface area (Å²) in [5.41, 5.74) is 5.38. The Kier molecular flexibility index (Phi) is 18.6.